The first kappa shape index (κ1) is 10.8. The predicted octanol–water partition coefficient (Wildman–Crippen LogP) is -6.05. The first-order valence-electron chi connectivity index (χ1n) is 2.76. The molecule has 0 saturated carbocycles. The molecule has 1 rings (SSSR count). The van der Waals surface area contributed by atoms with Crippen molar-refractivity contribution in [2.75, 3.05) is 0 Å². The number of halogens is 1. The molecule has 4 nitrogen and oxygen atoms in total. The molecule has 0 spiro atoms. The van der Waals surface area contributed by atoms with Gasteiger partial charge in [0.2, 0.25) is 0 Å². The largest absolute Gasteiger partial charge is 0.427 e. The van der Waals surface area contributed by atoms with Gasteiger partial charge in [-0.1, -0.05) is 6.07 Å². The Balaban J connectivity index is 0.000000218. The van der Waals surface area contributed by atoms with Crippen LogP contribution in [-0.4, -0.2) is 0 Å². The molecule has 0 unspecified atom stereocenters. The molecule has 0 atom stereocenters. The van der Waals surface area contributed by atoms with Crippen LogP contribution in [0.2, 0.25) is 0 Å². The zero-order valence-electron chi connectivity index (χ0n) is 5.94. The summed E-state index contributed by atoms with van der Waals surface area (Å²) in [4.78, 5) is 0. The predicted molar refractivity (Wildman–Crippen MR) is 27.6 cm³/mol. The van der Waals surface area contributed by atoms with Gasteiger partial charge in [-0.3, -0.25) is 0 Å². The third kappa shape index (κ3) is 9.76. The molecule has 0 aliphatic rings. The molecule has 0 aromatic carbocycles. The second-order valence-electron chi connectivity index (χ2n) is 1.73. The molecule has 0 bridgehead atoms. The summed E-state index contributed by atoms with van der Waals surface area (Å²) >= 11 is -4.01. The van der Waals surface area contributed by atoms with Gasteiger partial charge in [0.1, 0.15) is 7.05 Å². The van der Waals surface area contributed by atoms with Gasteiger partial charge in [-0.15, -0.1) is 0 Å². The highest BCUT2D eigenvalue weighted by molar-refractivity contribution is 4.83. The third-order valence-electron chi connectivity index (χ3n) is 0.865. The van der Waals surface area contributed by atoms with E-state index in [1.165, 1.54) is 0 Å². The summed E-state index contributed by atoms with van der Waals surface area (Å²) in [7, 11) is 2.00. The Kier molecular flexibility index (Phi) is 6.33. The zero-order chi connectivity index (χ0) is 8.69. The summed E-state index contributed by atoms with van der Waals surface area (Å²) in [6, 6.07) is 6.00. The number of rotatable bonds is 0. The molecule has 0 aliphatic heterocycles. The minimum atomic E-state index is -4.01. The Labute approximate surface area is 73.8 Å². The molecule has 1 aromatic rings. The molecule has 0 fully saturated rings. The van der Waals surface area contributed by atoms with Gasteiger partial charge in [0, 0.05) is 12.1 Å². The Morgan fingerprint density at radius 3 is 1.55 bits per heavy atom. The number of pyridine rings is 1. The van der Waals surface area contributed by atoms with Gasteiger partial charge in [0.05, 0.1) is 0 Å². The van der Waals surface area contributed by atoms with E-state index >= 15 is 0 Å². The van der Waals surface area contributed by atoms with Crippen LogP contribution >= 0.6 is 0 Å². The molecular formula is C6H8INO3. The van der Waals surface area contributed by atoms with E-state index in [0.29, 0.717) is 0 Å². The van der Waals surface area contributed by atoms with Gasteiger partial charge >= 0.3 is 0 Å². The van der Waals surface area contributed by atoms with Crippen LogP contribution in [0.25, 0.3) is 0 Å². The molecule has 62 valence electrons. The van der Waals surface area contributed by atoms with Crippen molar-refractivity contribution in [2.45, 2.75) is 0 Å². The second-order valence-corrected chi connectivity index (χ2v) is 2.81. The van der Waals surface area contributed by atoms with Gasteiger partial charge < -0.3 is 10.3 Å². The SMILES string of the molecule is C[n+]1ccccc1.[O-][I+2]([O-])[O-]. The van der Waals surface area contributed by atoms with Crippen molar-refractivity contribution < 1.29 is 35.9 Å². The average molecular weight is 269 g/mol. The van der Waals surface area contributed by atoms with Crippen molar-refractivity contribution in [2.24, 2.45) is 7.05 Å². The van der Waals surface area contributed by atoms with E-state index in [2.05, 4.69) is 0 Å². The first-order valence-corrected chi connectivity index (χ1v) is 5.40. The molecule has 11 heavy (non-hydrogen) atoms. The quantitative estimate of drug-likeness (QED) is 0.347. The van der Waals surface area contributed by atoms with Crippen molar-refractivity contribution in [1.82, 2.24) is 0 Å². The van der Waals surface area contributed by atoms with Crippen molar-refractivity contribution >= 4 is 0 Å². The Morgan fingerprint density at radius 2 is 1.36 bits per heavy atom. The van der Waals surface area contributed by atoms with Crippen molar-refractivity contribution in [3.8, 4) is 0 Å². The molecule has 0 radical (unpaired) electrons. The fourth-order valence-corrected chi connectivity index (χ4v) is 0.485. The van der Waals surface area contributed by atoms with E-state index in [-0.39, 0.29) is 0 Å². The molecule has 1 aromatic heterocycles. The van der Waals surface area contributed by atoms with E-state index in [1.807, 2.05) is 42.2 Å². The molecule has 5 heteroatoms. The highest BCUT2D eigenvalue weighted by atomic mass is 127. The minimum absolute atomic E-state index is 2.00. The fourth-order valence-electron chi connectivity index (χ4n) is 0.485. The van der Waals surface area contributed by atoms with E-state index in [9.17, 15) is 0 Å². The lowest BCUT2D eigenvalue weighted by Crippen LogP contribution is -4.05. The molecular weight excluding hydrogens is 261 g/mol. The van der Waals surface area contributed by atoms with Crippen LogP contribution in [0.3, 0.4) is 0 Å². The third-order valence-corrected chi connectivity index (χ3v) is 0.865. The summed E-state index contributed by atoms with van der Waals surface area (Å²) in [5.41, 5.74) is 0. The lowest BCUT2D eigenvalue weighted by Gasteiger charge is -1.84. The van der Waals surface area contributed by atoms with E-state index in [0.717, 1.165) is 0 Å². The van der Waals surface area contributed by atoms with Crippen molar-refractivity contribution in [3.63, 3.8) is 0 Å². The second kappa shape index (κ2) is 6.47. The molecule has 0 saturated heterocycles. The number of aromatic nitrogens is 1. The lowest BCUT2D eigenvalue weighted by molar-refractivity contribution is -1.73. The summed E-state index contributed by atoms with van der Waals surface area (Å²) < 4.78 is 27.7. The maximum Gasteiger partial charge on any atom is 0.282 e. The monoisotopic (exact) mass is 269 g/mol. The molecule has 0 aliphatic carbocycles. The minimum Gasteiger partial charge on any atom is -0.427 e. The smallest absolute Gasteiger partial charge is 0.282 e. The Hall–Kier alpha value is -0.240. The maximum absolute atomic E-state index is 8.57. The Morgan fingerprint density at radius 1 is 1.00 bits per heavy atom. The fraction of sp³-hybridized carbons (Fsp3) is 0.167. The van der Waals surface area contributed by atoms with Crippen LogP contribution in [0, 0.1) is 0 Å². The van der Waals surface area contributed by atoms with E-state index in [1.54, 1.807) is 0 Å². The summed E-state index contributed by atoms with van der Waals surface area (Å²) in [6.07, 6.45) is 4.00. The van der Waals surface area contributed by atoms with Crippen LogP contribution in [0.5, 0.6) is 0 Å². The molecule has 0 amide bonds. The van der Waals surface area contributed by atoms with Crippen LogP contribution < -0.4 is 35.9 Å². The zero-order valence-corrected chi connectivity index (χ0v) is 8.09. The number of aryl methyl sites for hydroxylation is 1. The van der Waals surface area contributed by atoms with Gasteiger partial charge in [0.25, 0.3) is 21.1 Å². The number of hydrogen-bond donors (Lipinski definition) is 0. The topological polar surface area (TPSA) is 73.1 Å². The standard InChI is InChI=1S/C6H8N.IO3/c1-7-5-3-2-4-6-7;2-1(3)4/h2-6H,1H3;/q+1;-1. The van der Waals surface area contributed by atoms with Crippen LogP contribution in [-0.2, 0) is 7.05 Å². The average Bonchev–Trinajstić information content (AvgIpc) is 1.87. The van der Waals surface area contributed by atoms with Crippen LogP contribution in [0.1, 0.15) is 0 Å². The van der Waals surface area contributed by atoms with E-state index < -0.39 is 21.1 Å². The van der Waals surface area contributed by atoms with Gasteiger partial charge in [-0.25, -0.2) is 4.57 Å². The molecule has 1 heterocycles. The van der Waals surface area contributed by atoms with Crippen LogP contribution in [0.15, 0.2) is 30.6 Å². The highest BCUT2D eigenvalue weighted by Gasteiger charge is 1.78. The summed E-state index contributed by atoms with van der Waals surface area (Å²) in [5.74, 6) is 0. The summed E-state index contributed by atoms with van der Waals surface area (Å²) in [6.45, 7) is 0. The highest BCUT2D eigenvalue weighted by Crippen LogP contribution is 1.71. The lowest BCUT2D eigenvalue weighted by atomic mass is 10.5. The van der Waals surface area contributed by atoms with Crippen molar-refractivity contribution in [3.05, 3.63) is 30.6 Å². The van der Waals surface area contributed by atoms with E-state index in [4.69, 9.17) is 10.3 Å². The maximum atomic E-state index is 8.57. The normalized spacial score (nSPS) is 8.82. The number of nitrogens with zero attached hydrogens (tertiary/aromatic N) is 1. The van der Waals surface area contributed by atoms with Crippen molar-refractivity contribution in [1.29, 1.82) is 0 Å². The van der Waals surface area contributed by atoms with Crippen LogP contribution in [0.4, 0.5) is 0 Å². The Bertz CT molecular complexity index is 178. The molecule has 0 N–H and O–H groups in total. The summed E-state index contributed by atoms with van der Waals surface area (Å²) in [5, 5.41) is 0. The number of hydrogen-bond acceptors (Lipinski definition) is 3. The van der Waals surface area contributed by atoms with Gasteiger partial charge in [0.15, 0.2) is 12.4 Å². The first-order chi connectivity index (χ1) is 5.13. The van der Waals surface area contributed by atoms with Gasteiger partial charge in [-0.05, 0) is 0 Å². The van der Waals surface area contributed by atoms with Gasteiger partial charge in [-0.2, -0.15) is 0 Å².